The van der Waals surface area contributed by atoms with Crippen LogP contribution in [-0.2, 0) is 0 Å². The predicted octanol–water partition coefficient (Wildman–Crippen LogP) is 2.92. The fourth-order valence-electron chi connectivity index (χ4n) is 1.70. The minimum absolute atomic E-state index is 0.118. The Balaban J connectivity index is 1.96. The molecule has 0 aliphatic carbocycles. The molecule has 0 saturated carbocycles. The summed E-state index contributed by atoms with van der Waals surface area (Å²) >= 11 is 0. The average molecular weight is 286 g/mol. The van der Waals surface area contributed by atoms with Gasteiger partial charge in [0.15, 0.2) is 5.76 Å². The smallest absolute Gasteiger partial charge is 0.291 e. The zero-order valence-electron chi connectivity index (χ0n) is 12.1. The maximum Gasteiger partial charge on any atom is 0.291 e. The third-order valence-corrected chi connectivity index (χ3v) is 2.82. The highest BCUT2D eigenvalue weighted by molar-refractivity contribution is 6.02. The van der Waals surface area contributed by atoms with Crippen molar-refractivity contribution in [3.05, 3.63) is 54.0 Å². The van der Waals surface area contributed by atoms with E-state index < -0.39 is 0 Å². The predicted molar refractivity (Wildman–Crippen MR) is 80.3 cm³/mol. The summed E-state index contributed by atoms with van der Waals surface area (Å²) in [6.45, 7) is 4.71. The third kappa shape index (κ3) is 4.21. The van der Waals surface area contributed by atoms with Gasteiger partial charge in [0, 0.05) is 17.8 Å². The van der Waals surface area contributed by atoms with Crippen molar-refractivity contribution in [1.82, 2.24) is 5.32 Å². The monoisotopic (exact) mass is 286 g/mol. The van der Waals surface area contributed by atoms with Crippen LogP contribution in [0.1, 0.15) is 34.8 Å². The van der Waals surface area contributed by atoms with Gasteiger partial charge in [-0.3, -0.25) is 9.59 Å². The standard InChI is InChI=1S/C16H18N2O3/c1-11(2)10-17-15(19)12-5-7-13(8-6-12)18-16(20)14-4-3-9-21-14/h3-9,11H,10H2,1-2H3,(H,17,19)(H,18,20). The molecule has 0 bridgehead atoms. The van der Waals surface area contributed by atoms with Crippen LogP contribution < -0.4 is 10.6 Å². The minimum atomic E-state index is -0.322. The summed E-state index contributed by atoms with van der Waals surface area (Å²) in [7, 11) is 0. The van der Waals surface area contributed by atoms with Crippen LogP contribution in [0.5, 0.6) is 0 Å². The van der Waals surface area contributed by atoms with Crippen LogP contribution in [0, 0.1) is 5.92 Å². The number of amides is 2. The first-order valence-electron chi connectivity index (χ1n) is 6.79. The lowest BCUT2D eigenvalue weighted by Gasteiger charge is -2.08. The summed E-state index contributed by atoms with van der Waals surface area (Å²) in [4.78, 5) is 23.6. The molecule has 1 aromatic heterocycles. The second-order valence-electron chi connectivity index (χ2n) is 5.11. The Morgan fingerprint density at radius 3 is 2.38 bits per heavy atom. The molecule has 0 fully saturated rings. The number of anilines is 1. The summed E-state index contributed by atoms with van der Waals surface area (Å²) in [5.74, 6) is 0.208. The van der Waals surface area contributed by atoms with Crippen LogP contribution in [0.4, 0.5) is 5.69 Å². The first kappa shape index (κ1) is 14.8. The Kier molecular flexibility index (Phi) is 4.77. The van der Waals surface area contributed by atoms with Crippen LogP contribution in [0.2, 0.25) is 0 Å². The second kappa shape index (κ2) is 6.74. The van der Waals surface area contributed by atoms with Crippen molar-refractivity contribution in [2.45, 2.75) is 13.8 Å². The van der Waals surface area contributed by atoms with Crippen molar-refractivity contribution in [1.29, 1.82) is 0 Å². The summed E-state index contributed by atoms with van der Waals surface area (Å²) in [6, 6.07) is 9.96. The molecule has 5 heteroatoms. The molecule has 1 aromatic carbocycles. The number of carbonyl (C=O) groups excluding carboxylic acids is 2. The van der Waals surface area contributed by atoms with Gasteiger partial charge in [-0.2, -0.15) is 0 Å². The van der Waals surface area contributed by atoms with E-state index in [1.54, 1.807) is 36.4 Å². The third-order valence-electron chi connectivity index (χ3n) is 2.82. The molecular formula is C16H18N2O3. The van der Waals surface area contributed by atoms with E-state index >= 15 is 0 Å². The number of hydrogen-bond donors (Lipinski definition) is 2. The normalized spacial score (nSPS) is 10.4. The topological polar surface area (TPSA) is 71.3 Å². The fourth-order valence-corrected chi connectivity index (χ4v) is 1.70. The molecular weight excluding hydrogens is 268 g/mol. The van der Waals surface area contributed by atoms with E-state index in [1.165, 1.54) is 6.26 Å². The van der Waals surface area contributed by atoms with Crippen molar-refractivity contribution in [3.8, 4) is 0 Å². The van der Waals surface area contributed by atoms with Gasteiger partial charge in [0.25, 0.3) is 11.8 Å². The first-order valence-corrected chi connectivity index (χ1v) is 6.79. The molecule has 0 atom stereocenters. The van der Waals surface area contributed by atoms with Crippen molar-refractivity contribution in [2.75, 3.05) is 11.9 Å². The molecule has 1 heterocycles. The van der Waals surface area contributed by atoms with Crippen LogP contribution >= 0.6 is 0 Å². The molecule has 0 saturated heterocycles. The molecule has 0 spiro atoms. The number of hydrogen-bond acceptors (Lipinski definition) is 3. The molecule has 0 radical (unpaired) electrons. The van der Waals surface area contributed by atoms with E-state index in [0.717, 1.165) is 0 Å². The molecule has 0 aliphatic heterocycles. The number of benzene rings is 1. The summed E-state index contributed by atoms with van der Waals surface area (Å²) in [6.07, 6.45) is 1.44. The van der Waals surface area contributed by atoms with Crippen molar-refractivity contribution >= 4 is 17.5 Å². The van der Waals surface area contributed by atoms with Crippen LogP contribution in [0.15, 0.2) is 47.1 Å². The average Bonchev–Trinajstić information content (AvgIpc) is 3.00. The molecule has 110 valence electrons. The molecule has 0 unspecified atom stereocenters. The van der Waals surface area contributed by atoms with Gasteiger partial charge in [0.1, 0.15) is 0 Å². The lowest BCUT2D eigenvalue weighted by atomic mass is 10.1. The van der Waals surface area contributed by atoms with Gasteiger partial charge in [-0.25, -0.2) is 0 Å². The Morgan fingerprint density at radius 2 is 1.81 bits per heavy atom. The zero-order valence-corrected chi connectivity index (χ0v) is 12.1. The van der Waals surface area contributed by atoms with Crippen LogP contribution in [0.25, 0.3) is 0 Å². The number of nitrogens with one attached hydrogen (secondary N) is 2. The maximum atomic E-state index is 11.9. The van der Waals surface area contributed by atoms with Crippen molar-refractivity contribution < 1.29 is 14.0 Å². The lowest BCUT2D eigenvalue weighted by molar-refractivity contribution is 0.0948. The van der Waals surface area contributed by atoms with E-state index in [2.05, 4.69) is 10.6 Å². The highest BCUT2D eigenvalue weighted by atomic mass is 16.3. The van der Waals surface area contributed by atoms with E-state index in [0.29, 0.717) is 23.7 Å². The van der Waals surface area contributed by atoms with Gasteiger partial charge < -0.3 is 15.1 Å². The van der Waals surface area contributed by atoms with E-state index in [9.17, 15) is 9.59 Å². The molecule has 2 rings (SSSR count). The number of furan rings is 1. The largest absolute Gasteiger partial charge is 0.459 e. The van der Waals surface area contributed by atoms with Gasteiger partial charge in [0.05, 0.1) is 6.26 Å². The van der Waals surface area contributed by atoms with E-state index in [-0.39, 0.29) is 17.6 Å². The Morgan fingerprint density at radius 1 is 1.10 bits per heavy atom. The van der Waals surface area contributed by atoms with Crippen molar-refractivity contribution in [3.63, 3.8) is 0 Å². The maximum absolute atomic E-state index is 11.9. The summed E-state index contributed by atoms with van der Waals surface area (Å²) in [5.41, 5.74) is 1.17. The fraction of sp³-hybridized carbons (Fsp3) is 0.250. The molecule has 0 aliphatic rings. The van der Waals surface area contributed by atoms with Gasteiger partial charge >= 0.3 is 0 Å². The summed E-state index contributed by atoms with van der Waals surface area (Å²) < 4.78 is 5.01. The molecule has 21 heavy (non-hydrogen) atoms. The quantitative estimate of drug-likeness (QED) is 0.887. The lowest BCUT2D eigenvalue weighted by Crippen LogP contribution is -2.27. The molecule has 2 amide bonds. The number of carbonyl (C=O) groups is 2. The molecule has 2 aromatic rings. The van der Waals surface area contributed by atoms with E-state index in [4.69, 9.17) is 4.42 Å². The van der Waals surface area contributed by atoms with Gasteiger partial charge in [-0.15, -0.1) is 0 Å². The van der Waals surface area contributed by atoms with Gasteiger partial charge in [0.2, 0.25) is 0 Å². The molecule has 2 N–H and O–H groups in total. The SMILES string of the molecule is CC(C)CNC(=O)c1ccc(NC(=O)c2ccco2)cc1. The second-order valence-corrected chi connectivity index (χ2v) is 5.11. The minimum Gasteiger partial charge on any atom is -0.459 e. The zero-order chi connectivity index (χ0) is 15.2. The first-order chi connectivity index (χ1) is 10.1. The van der Waals surface area contributed by atoms with Crippen LogP contribution in [0.3, 0.4) is 0 Å². The highest BCUT2D eigenvalue weighted by Gasteiger charge is 2.10. The van der Waals surface area contributed by atoms with Gasteiger partial charge in [-0.05, 0) is 42.3 Å². The highest BCUT2D eigenvalue weighted by Crippen LogP contribution is 2.12. The molecule has 5 nitrogen and oxygen atoms in total. The van der Waals surface area contributed by atoms with Crippen LogP contribution in [-0.4, -0.2) is 18.4 Å². The number of rotatable bonds is 5. The Hall–Kier alpha value is -2.56. The van der Waals surface area contributed by atoms with Crippen molar-refractivity contribution in [2.24, 2.45) is 5.92 Å². The van der Waals surface area contributed by atoms with Gasteiger partial charge in [-0.1, -0.05) is 13.8 Å². The Labute approximate surface area is 123 Å². The van der Waals surface area contributed by atoms with E-state index in [1.807, 2.05) is 13.8 Å². The Bertz CT molecular complexity index is 601. The summed E-state index contributed by atoms with van der Waals surface area (Å²) in [5, 5.41) is 5.54.